The van der Waals surface area contributed by atoms with Gasteiger partial charge in [0.25, 0.3) is 0 Å². The summed E-state index contributed by atoms with van der Waals surface area (Å²) in [5, 5.41) is 0. The van der Waals surface area contributed by atoms with Crippen LogP contribution >= 0.6 is 15.9 Å². The molecule has 2 rings (SSSR count). The molecular formula is C15H23BrN2O. The van der Waals surface area contributed by atoms with E-state index < -0.39 is 0 Å². The van der Waals surface area contributed by atoms with E-state index in [0.717, 1.165) is 37.0 Å². The molecule has 0 aliphatic carbocycles. The van der Waals surface area contributed by atoms with Gasteiger partial charge in [-0.3, -0.25) is 0 Å². The summed E-state index contributed by atoms with van der Waals surface area (Å²) in [6.45, 7) is 6.97. The first kappa shape index (κ1) is 14.8. The van der Waals surface area contributed by atoms with Gasteiger partial charge in [-0.25, -0.2) is 0 Å². The van der Waals surface area contributed by atoms with E-state index in [4.69, 9.17) is 10.5 Å². The van der Waals surface area contributed by atoms with Gasteiger partial charge in [-0.2, -0.15) is 0 Å². The van der Waals surface area contributed by atoms with Crippen molar-refractivity contribution < 1.29 is 4.74 Å². The summed E-state index contributed by atoms with van der Waals surface area (Å²) in [5.41, 5.74) is 8.59. The van der Waals surface area contributed by atoms with Crippen molar-refractivity contribution in [2.24, 2.45) is 5.73 Å². The number of ether oxygens (including phenoxy) is 1. The molecule has 0 amide bonds. The van der Waals surface area contributed by atoms with Crippen molar-refractivity contribution in [3.8, 4) is 0 Å². The lowest BCUT2D eigenvalue weighted by atomic mass is 10.0. The second-order valence-corrected chi connectivity index (χ2v) is 6.22. The number of hydrogen-bond donors (Lipinski definition) is 1. The van der Waals surface area contributed by atoms with Crippen molar-refractivity contribution in [2.45, 2.75) is 38.8 Å². The monoisotopic (exact) mass is 326 g/mol. The Morgan fingerprint density at radius 2 is 2.32 bits per heavy atom. The van der Waals surface area contributed by atoms with Crippen molar-refractivity contribution >= 4 is 21.6 Å². The highest BCUT2D eigenvalue weighted by atomic mass is 79.9. The number of rotatable bonds is 4. The number of nitrogens with zero attached hydrogens (tertiary/aromatic N) is 1. The molecule has 1 fully saturated rings. The Kier molecular flexibility index (Phi) is 5.25. The van der Waals surface area contributed by atoms with E-state index >= 15 is 0 Å². The van der Waals surface area contributed by atoms with E-state index in [1.54, 1.807) is 0 Å². The fraction of sp³-hybridized carbons (Fsp3) is 0.600. The molecular weight excluding hydrogens is 304 g/mol. The van der Waals surface area contributed by atoms with E-state index in [1.165, 1.54) is 11.3 Å². The van der Waals surface area contributed by atoms with Gasteiger partial charge in [-0.15, -0.1) is 0 Å². The molecule has 3 nitrogen and oxygen atoms in total. The zero-order valence-electron chi connectivity index (χ0n) is 11.7. The zero-order chi connectivity index (χ0) is 13.8. The molecule has 2 unspecified atom stereocenters. The molecule has 1 aromatic carbocycles. The highest BCUT2D eigenvalue weighted by Gasteiger charge is 2.21. The summed E-state index contributed by atoms with van der Waals surface area (Å²) in [6, 6.07) is 6.66. The minimum atomic E-state index is 0.183. The quantitative estimate of drug-likeness (QED) is 0.924. The van der Waals surface area contributed by atoms with Gasteiger partial charge >= 0.3 is 0 Å². The maximum atomic E-state index is 5.96. The lowest BCUT2D eigenvalue weighted by Crippen LogP contribution is -2.42. The SMILES string of the molecule is CCC1CN(c2cc(Br)ccc2CC(C)N)CCO1. The maximum Gasteiger partial charge on any atom is 0.0748 e. The molecule has 0 bridgehead atoms. The van der Waals surface area contributed by atoms with Gasteiger partial charge in [0.15, 0.2) is 0 Å². The zero-order valence-corrected chi connectivity index (χ0v) is 13.3. The lowest BCUT2D eigenvalue weighted by molar-refractivity contribution is 0.0384. The van der Waals surface area contributed by atoms with Crippen molar-refractivity contribution in [3.63, 3.8) is 0 Å². The molecule has 1 aliphatic rings. The van der Waals surface area contributed by atoms with Crippen LogP contribution in [-0.4, -0.2) is 31.8 Å². The first-order chi connectivity index (χ1) is 9.10. The topological polar surface area (TPSA) is 38.5 Å². The summed E-state index contributed by atoms with van der Waals surface area (Å²) >= 11 is 3.57. The van der Waals surface area contributed by atoms with Gasteiger partial charge in [0.1, 0.15) is 0 Å². The Balaban J connectivity index is 2.23. The summed E-state index contributed by atoms with van der Waals surface area (Å²) in [6.07, 6.45) is 2.32. The van der Waals surface area contributed by atoms with Crippen LogP contribution in [0.3, 0.4) is 0 Å². The number of morpholine rings is 1. The van der Waals surface area contributed by atoms with Gasteiger partial charge in [0, 0.05) is 29.3 Å². The van der Waals surface area contributed by atoms with Crippen molar-refractivity contribution in [2.75, 3.05) is 24.6 Å². The van der Waals surface area contributed by atoms with Crippen molar-refractivity contribution in [1.29, 1.82) is 0 Å². The van der Waals surface area contributed by atoms with Gasteiger partial charge in [-0.05, 0) is 37.5 Å². The Labute approximate surface area is 124 Å². The molecule has 0 saturated carbocycles. The lowest BCUT2D eigenvalue weighted by Gasteiger charge is -2.35. The molecule has 0 radical (unpaired) electrons. The molecule has 1 aliphatic heterocycles. The highest BCUT2D eigenvalue weighted by Crippen LogP contribution is 2.28. The molecule has 1 heterocycles. The van der Waals surface area contributed by atoms with Crippen LogP contribution in [0.1, 0.15) is 25.8 Å². The fourth-order valence-corrected chi connectivity index (χ4v) is 2.88. The average molecular weight is 327 g/mol. The summed E-state index contributed by atoms with van der Waals surface area (Å²) in [7, 11) is 0. The Morgan fingerprint density at radius 1 is 1.53 bits per heavy atom. The van der Waals surface area contributed by atoms with Crippen molar-refractivity contribution in [3.05, 3.63) is 28.2 Å². The first-order valence-corrected chi connectivity index (χ1v) is 7.80. The highest BCUT2D eigenvalue weighted by molar-refractivity contribution is 9.10. The van der Waals surface area contributed by atoms with Gasteiger partial charge in [-0.1, -0.05) is 28.9 Å². The van der Waals surface area contributed by atoms with E-state index in [-0.39, 0.29) is 6.04 Å². The minimum absolute atomic E-state index is 0.183. The summed E-state index contributed by atoms with van der Waals surface area (Å²) in [4.78, 5) is 2.43. The van der Waals surface area contributed by atoms with E-state index in [9.17, 15) is 0 Å². The summed E-state index contributed by atoms with van der Waals surface area (Å²) < 4.78 is 6.87. The van der Waals surface area contributed by atoms with Crippen LogP contribution in [0, 0.1) is 0 Å². The van der Waals surface area contributed by atoms with Crippen LogP contribution < -0.4 is 10.6 Å². The Bertz CT molecular complexity index is 423. The van der Waals surface area contributed by atoms with Crippen LogP contribution in [0.4, 0.5) is 5.69 Å². The number of halogens is 1. The van der Waals surface area contributed by atoms with Crippen molar-refractivity contribution in [1.82, 2.24) is 0 Å². The largest absolute Gasteiger partial charge is 0.375 e. The average Bonchev–Trinajstić information content (AvgIpc) is 2.40. The number of nitrogens with two attached hydrogens (primary N) is 1. The first-order valence-electron chi connectivity index (χ1n) is 7.00. The third kappa shape index (κ3) is 3.94. The number of benzene rings is 1. The molecule has 106 valence electrons. The molecule has 0 aromatic heterocycles. The second-order valence-electron chi connectivity index (χ2n) is 5.30. The van der Waals surface area contributed by atoms with Crippen LogP contribution in [0.25, 0.3) is 0 Å². The predicted molar refractivity (Wildman–Crippen MR) is 83.7 cm³/mol. The molecule has 1 saturated heterocycles. The number of anilines is 1. The van der Waals surface area contributed by atoms with Crippen LogP contribution in [-0.2, 0) is 11.2 Å². The normalized spacial score (nSPS) is 21.5. The van der Waals surface area contributed by atoms with Crippen LogP contribution in [0.5, 0.6) is 0 Å². The van der Waals surface area contributed by atoms with Gasteiger partial charge < -0.3 is 15.4 Å². The molecule has 19 heavy (non-hydrogen) atoms. The molecule has 2 N–H and O–H groups in total. The van der Waals surface area contributed by atoms with Gasteiger partial charge in [0.05, 0.1) is 12.7 Å². The molecule has 0 spiro atoms. The molecule has 1 aromatic rings. The molecule has 2 atom stereocenters. The Hall–Kier alpha value is -0.580. The summed E-state index contributed by atoms with van der Waals surface area (Å²) in [5.74, 6) is 0. The van der Waals surface area contributed by atoms with E-state index in [2.05, 4.69) is 52.9 Å². The predicted octanol–water partition coefficient (Wildman–Crippen LogP) is 2.95. The number of hydrogen-bond acceptors (Lipinski definition) is 3. The standard InChI is InChI=1S/C15H23BrN2O/c1-3-14-10-18(6-7-19-14)15-9-13(16)5-4-12(15)8-11(2)17/h4-5,9,11,14H,3,6-8,10,17H2,1-2H3. The Morgan fingerprint density at radius 3 is 3.00 bits per heavy atom. The van der Waals surface area contributed by atoms with Crippen LogP contribution in [0.15, 0.2) is 22.7 Å². The van der Waals surface area contributed by atoms with E-state index in [1.807, 2.05) is 0 Å². The second kappa shape index (κ2) is 6.73. The smallest absolute Gasteiger partial charge is 0.0748 e. The minimum Gasteiger partial charge on any atom is -0.375 e. The van der Waals surface area contributed by atoms with E-state index in [0.29, 0.717) is 6.10 Å². The fourth-order valence-electron chi connectivity index (χ4n) is 2.54. The third-order valence-electron chi connectivity index (χ3n) is 3.52. The van der Waals surface area contributed by atoms with Crippen LogP contribution in [0.2, 0.25) is 0 Å². The molecule has 4 heteroatoms. The maximum absolute atomic E-state index is 5.96. The van der Waals surface area contributed by atoms with Gasteiger partial charge in [0.2, 0.25) is 0 Å². The third-order valence-corrected chi connectivity index (χ3v) is 4.02.